The number of nitrogens with two attached hydrogens (primary N) is 1. The zero-order chi connectivity index (χ0) is 14.7. The number of hydrogen-bond acceptors (Lipinski definition) is 3. The molecule has 1 atom stereocenters. The van der Waals surface area contributed by atoms with Crippen LogP contribution in [0.1, 0.15) is 28.9 Å². The summed E-state index contributed by atoms with van der Waals surface area (Å²) in [7, 11) is 0. The van der Waals surface area contributed by atoms with E-state index in [1.807, 2.05) is 30.3 Å². The van der Waals surface area contributed by atoms with Crippen molar-refractivity contribution in [3.63, 3.8) is 0 Å². The predicted molar refractivity (Wildman–Crippen MR) is 73.3 cm³/mol. The van der Waals surface area contributed by atoms with Crippen LogP contribution in [0.3, 0.4) is 0 Å². The van der Waals surface area contributed by atoms with Gasteiger partial charge in [-0.25, -0.2) is 9.18 Å². The molecule has 0 radical (unpaired) electrons. The number of rotatable bonds is 4. The van der Waals surface area contributed by atoms with Gasteiger partial charge in [0.25, 0.3) is 0 Å². The number of carboxylic acids is 1. The molecular weight excluding hydrogens is 261 g/mol. The second-order valence-electron chi connectivity index (χ2n) is 4.31. The Labute approximate surface area is 115 Å². The Morgan fingerprint density at radius 1 is 1.25 bits per heavy atom. The maximum Gasteiger partial charge on any atom is 0.341 e. The van der Waals surface area contributed by atoms with Crippen molar-refractivity contribution in [2.45, 2.75) is 13.0 Å². The minimum Gasteiger partial charge on any atom is -0.485 e. The fourth-order valence-corrected chi connectivity index (χ4v) is 1.88. The lowest BCUT2D eigenvalue weighted by molar-refractivity contribution is 0.0690. The molecule has 104 valence electrons. The fraction of sp³-hybridized carbons (Fsp3) is 0.133. The smallest absolute Gasteiger partial charge is 0.341 e. The van der Waals surface area contributed by atoms with Crippen LogP contribution < -0.4 is 10.5 Å². The van der Waals surface area contributed by atoms with Gasteiger partial charge in [-0.05, 0) is 24.6 Å². The van der Waals surface area contributed by atoms with Gasteiger partial charge >= 0.3 is 5.97 Å². The molecule has 2 rings (SSSR count). The van der Waals surface area contributed by atoms with Crippen LogP contribution in [-0.2, 0) is 0 Å². The molecule has 3 N–H and O–H groups in total. The quantitative estimate of drug-likeness (QED) is 0.840. The minimum atomic E-state index is -1.32. The zero-order valence-corrected chi connectivity index (χ0v) is 10.8. The number of carbonyl (C=O) groups is 1. The molecule has 0 aromatic heterocycles. The standard InChI is InChI=1S/C15H14FNO3/c1-9(10-5-3-2-4-6-10)20-12-8-7-11(16)14(17)13(12)15(18)19/h2-9H,17H2,1H3,(H,18,19). The van der Waals surface area contributed by atoms with E-state index in [1.165, 1.54) is 6.07 Å². The molecule has 5 heteroatoms. The third-order valence-corrected chi connectivity index (χ3v) is 2.94. The molecule has 1 unspecified atom stereocenters. The topological polar surface area (TPSA) is 72.5 Å². The molecule has 20 heavy (non-hydrogen) atoms. The third kappa shape index (κ3) is 2.71. The molecule has 0 bridgehead atoms. The summed E-state index contributed by atoms with van der Waals surface area (Å²) in [6.07, 6.45) is -0.376. The van der Waals surface area contributed by atoms with Crippen molar-refractivity contribution in [2.24, 2.45) is 0 Å². The van der Waals surface area contributed by atoms with Gasteiger partial charge in [0.1, 0.15) is 23.2 Å². The Morgan fingerprint density at radius 3 is 2.50 bits per heavy atom. The molecule has 4 nitrogen and oxygen atoms in total. The first-order valence-corrected chi connectivity index (χ1v) is 6.03. The summed E-state index contributed by atoms with van der Waals surface area (Å²) >= 11 is 0. The van der Waals surface area contributed by atoms with E-state index in [2.05, 4.69) is 0 Å². The second-order valence-corrected chi connectivity index (χ2v) is 4.31. The normalized spacial score (nSPS) is 11.9. The number of ether oxygens (including phenoxy) is 1. The molecule has 0 aliphatic rings. The van der Waals surface area contributed by atoms with Gasteiger partial charge in [-0.15, -0.1) is 0 Å². The van der Waals surface area contributed by atoms with Crippen molar-refractivity contribution in [3.8, 4) is 5.75 Å². The van der Waals surface area contributed by atoms with Gasteiger partial charge < -0.3 is 15.6 Å². The number of anilines is 1. The van der Waals surface area contributed by atoms with Gasteiger partial charge in [-0.3, -0.25) is 0 Å². The molecule has 0 saturated heterocycles. The Balaban J connectivity index is 2.35. The molecule has 0 aliphatic heterocycles. The first kappa shape index (κ1) is 13.9. The average molecular weight is 275 g/mol. The van der Waals surface area contributed by atoms with Crippen LogP contribution in [0, 0.1) is 5.82 Å². The Kier molecular flexibility index (Phi) is 3.89. The van der Waals surface area contributed by atoms with Crippen LogP contribution in [-0.4, -0.2) is 11.1 Å². The molecule has 2 aromatic rings. The van der Waals surface area contributed by atoms with Gasteiger partial charge in [-0.1, -0.05) is 30.3 Å². The Bertz CT molecular complexity index is 629. The summed E-state index contributed by atoms with van der Waals surface area (Å²) in [6.45, 7) is 1.78. The van der Waals surface area contributed by atoms with E-state index in [4.69, 9.17) is 15.6 Å². The average Bonchev–Trinajstić information content (AvgIpc) is 2.43. The Hall–Kier alpha value is -2.56. The highest BCUT2D eigenvalue weighted by atomic mass is 19.1. The van der Waals surface area contributed by atoms with Crippen molar-refractivity contribution in [1.82, 2.24) is 0 Å². The Morgan fingerprint density at radius 2 is 1.90 bits per heavy atom. The third-order valence-electron chi connectivity index (χ3n) is 2.94. The predicted octanol–water partition coefficient (Wildman–Crippen LogP) is 3.25. The minimum absolute atomic E-state index is 0.0488. The van der Waals surface area contributed by atoms with E-state index in [0.29, 0.717) is 0 Å². The van der Waals surface area contributed by atoms with Crippen LogP contribution in [0.25, 0.3) is 0 Å². The lowest BCUT2D eigenvalue weighted by Crippen LogP contribution is -2.11. The van der Waals surface area contributed by atoms with Crippen molar-refractivity contribution in [3.05, 3.63) is 59.4 Å². The molecule has 0 aliphatic carbocycles. The van der Waals surface area contributed by atoms with Crippen molar-refractivity contribution in [1.29, 1.82) is 0 Å². The lowest BCUT2D eigenvalue weighted by atomic mass is 10.1. The van der Waals surface area contributed by atoms with Crippen molar-refractivity contribution < 1.29 is 19.0 Å². The lowest BCUT2D eigenvalue weighted by Gasteiger charge is -2.17. The maximum absolute atomic E-state index is 13.3. The molecule has 0 amide bonds. The van der Waals surface area contributed by atoms with Crippen LogP contribution in [0.4, 0.5) is 10.1 Å². The molecular formula is C15H14FNO3. The number of aromatic carboxylic acids is 1. The summed E-state index contributed by atoms with van der Waals surface area (Å²) in [6, 6.07) is 11.7. The summed E-state index contributed by atoms with van der Waals surface area (Å²) in [5, 5.41) is 9.13. The number of halogens is 1. The highest BCUT2D eigenvalue weighted by Gasteiger charge is 2.20. The molecule has 0 saturated carbocycles. The second kappa shape index (κ2) is 5.61. The number of benzene rings is 2. The monoisotopic (exact) mass is 275 g/mol. The fourth-order valence-electron chi connectivity index (χ4n) is 1.88. The van der Waals surface area contributed by atoms with Crippen molar-refractivity contribution >= 4 is 11.7 Å². The van der Waals surface area contributed by atoms with E-state index >= 15 is 0 Å². The van der Waals surface area contributed by atoms with E-state index in [-0.39, 0.29) is 17.4 Å². The highest BCUT2D eigenvalue weighted by Crippen LogP contribution is 2.30. The highest BCUT2D eigenvalue weighted by molar-refractivity contribution is 5.96. The zero-order valence-electron chi connectivity index (χ0n) is 10.8. The summed E-state index contributed by atoms with van der Waals surface area (Å²) in [4.78, 5) is 11.2. The van der Waals surface area contributed by atoms with Crippen LogP contribution in [0.15, 0.2) is 42.5 Å². The van der Waals surface area contributed by atoms with Gasteiger partial charge in [0.05, 0.1) is 5.69 Å². The van der Waals surface area contributed by atoms with Crippen molar-refractivity contribution in [2.75, 3.05) is 5.73 Å². The largest absolute Gasteiger partial charge is 0.485 e. The van der Waals surface area contributed by atoms with E-state index < -0.39 is 17.5 Å². The van der Waals surface area contributed by atoms with E-state index in [9.17, 15) is 9.18 Å². The van der Waals surface area contributed by atoms with Crippen LogP contribution >= 0.6 is 0 Å². The van der Waals surface area contributed by atoms with Gasteiger partial charge in [0.15, 0.2) is 0 Å². The van der Waals surface area contributed by atoms with Gasteiger partial charge in [0.2, 0.25) is 0 Å². The number of nitrogen functional groups attached to an aromatic ring is 1. The van der Waals surface area contributed by atoms with Gasteiger partial charge in [0, 0.05) is 0 Å². The van der Waals surface area contributed by atoms with E-state index in [1.54, 1.807) is 6.92 Å². The molecule has 0 spiro atoms. The van der Waals surface area contributed by atoms with Crippen LogP contribution in [0.5, 0.6) is 5.75 Å². The van der Waals surface area contributed by atoms with Gasteiger partial charge in [-0.2, -0.15) is 0 Å². The molecule has 2 aromatic carbocycles. The maximum atomic E-state index is 13.3. The number of hydrogen-bond donors (Lipinski definition) is 2. The summed E-state index contributed by atoms with van der Waals surface area (Å²) in [5.74, 6) is -2.05. The molecule has 0 heterocycles. The van der Waals surface area contributed by atoms with E-state index in [0.717, 1.165) is 11.6 Å². The molecule has 0 fully saturated rings. The SMILES string of the molecule is CC(Oc1ccc(F)c(N)c1C(=O)O)c1ccccc1. The van der Waals surface area contributed by atoms with Crippen LogP contribution in [0.2, 0.25) is 0 Å². The summed E-state index contributed by atoms with van der Waals surface area (Å²) < 4.78 is 18.9. The first-order chi connectivity index (χ1) is 9.50. The first-order valence-electron chi connectivity index (χ1n) is 6.03. The summed E-state index contributed by atoms with van der Waals surface area (Å²) in [5.41, 5.74) is 5.57. The number of carboxylic acid groups (broad SMARTS) is 1.